The van der Waals surface area contributed by atoms with Gasteiger partial charge in [-0.15, -0.1) is 11.3 Å². The van der Waals surface area contributed by atoms with Crippen LogP contribution in [0, 0.1) is 0 Å². The molecule has 0 unspecified atom stereocenters. The first-order valence-corrected chi connectivity index (χ1v) is 6.92. The third-order valence-corrected chi connectivity index (χ3v) is 3.74. The Hall–Kier alpha value is -0.910. The van der Waals surface area contributed by atoms with Crippen molar-refractivity contribution >= 4 is 17.2 Å². The van der Waals surface area contributed by atoms with Crippen molar-refractivity contribution in [2.45, 2.75) is 19.3 Å². The summed E-state index contributed by atoms with van der Waals surface area (Å²) < 4.78 is 0. The van der Waals surface area contributed by atoms with Gasteiger partial charge in [-0.3, -0.25) is 9.63 Å². The molecule has 5 heteroatoms. The number of likely N-dealkylation sites (tertiary alicyclic amines) is 1. The zero-order valence-corrected chi connectivity index (χ0v) is 10.7. The van der Waals surface area contributed by atoms with Gasteiger partial charge in [-0.1, -0.05) is 12.5 Å². The van der Waals surface area contributed by atoms with Crippen LogP contribution in [0.15, 0.2) is 17.5 Å². The first-order chi connectivity index (χ1) is 8.36. The Morgan fingerprint density at radius 3 is 2.94 bits per heavy atom. The highest BCUT2D eigenvalue weighted by Gasteiger charge is 2.10. The first-order valence-electron chi connectivity index (χ1n) is 6.04. The lowest BCUT2D eigenvalue weighted by molar-refractivity contribution is 0.0209. The lowest BCUT2D eigenvalue weighted by Crippen LogP contribution is -2.34. The highest BCUT2D eigenvalue weighted by atomic mass is 32.1. The standard InChI is InChI=1S/C12H18N2O2S/c15-12(11-5-4-10-17-11)13-16-9-8-14-6-2-1-3-7-14/h4-5,10H,1-3,6-9H2,(H,13,15). The van der Waals surface area contributed by atoms with Gasteiger partial charge in [0.1, 0.15) is 0 Å². The third kappa shape index (κ3) is 4.11. The molecule has 1 N–H and O–H groups in total. The summed E-state index contributed by atoms with van der Waals surface area (Å²) in [6, 6.07) is 3.64. The molecule has 2 rings (SSSR count). The van der Waals surface area contributed by atoms with E-state index in [1.54, 1.807) is 6.07 Å². The quantitative estimate of drug-likeness (QED) is 0.644. The van der Waals surface area contributed by atoms with E-state index in [1.165, 1.54) is 30.6 Å². The van der Waals surface area contributed by atoms with Gasteiger partial charge in [0.2, 0.25) is 0 Å². The van der Waals surface area contributed by atoms with Gasteiger partial charge in [-0.2, -0.15) is 0 Å². The van der Waals surface area contributed by atoms with E-state index in [-0.39, 0.29) is 5.91 Å². The number of carbonyl (C=O) groups is 1. The maximum absolute atomic E-state index is 11.5. The third-order valence-electron chi connectivity index (χ3n) is 2.87. The fraction of sp³-hybridized carbons (Fsp3) is 0.583. The second-order valence-electron chi connectivity index (χ2n) is 4.16. The molecule has 4 nitrogen and oxygen atoms in total. The Morgan fingerprint density at radius 1 is 1.41 bits per heavy atom. The molecule has 1 fully saturated rings. The van der Waals surface area contributed by atoms with Gasteiger partial charge in [0.15, 0.2) is 0 Å². The minimum Gasteiger partial charge on any atom is -0.301 e. The summed E-state index contributed by atoms with van der Waals surface area (Å²) in [5.41, 5.74) is 2.47. The van der Waals surface area contributed by atoms with E-state index in [0.29, 0.717) is 11.5 Å². The molecule has 0 radical (unpaired) electrons. The van der Waals surface area contributed by atoms with Gasteiger partial charge >= 0.3 is 0 Å². The molecular formula is C12H18N2O2S. The number of amides is 1. The summed E-state index contributed by atoms with van der Waals surface area (Å²) >= 11 is 1.41. The predicted molar refractivity (Wildman–Crippen MR) is 68.0 cm³/mol. The molecular weight excluding hydrogens is 236 g/mol. The smallest absolute Gasteiger partial charge is 0.284 e. The number of nitrogens with zero attached hydrogens (tertiary/aromatic N) is 1. The maximum Gasteiger partial charge on any atom is 0.284 e. The summed E-state index contributed by atoms with van der Waals surface area (Å²) in [5, 5.41) is 1.88. The van der Waals surface area contributed by atoms with E-state index < -0.39 is 0 Å². The molecule has 1 aliphatic rings. The second kappa shape index (κ2) is 6.74. The van der Waals surface area contributed by atoms with Crippen LogP contribution in [-0.2, 0) is 4.84 Å². The van der Waals surface area contributed by atoms with Crippen molar-refractivity contribution in [3.05, 3.63) is 22.4 Å². The maximum atomic E-state index is 11.5. The molecule has 0 aromatic carbocycles. The molecule has 1 saturated heterocycles. The molecule has 0 atom stereocenters. The molecule has 0 saturated carbocycles. The number of hydrogen-bond acceptors (Lipinski definition) is 4. The molecule has 1 aliphatic heterocycles. The number of hydroxylamine groups is 1. The zero-order chi connectivity index (χ0) is 11.9. The van der Waals surface area contributed by atoms with Crippen LogP contribution in [0.1, 0.15) is 28.9 Å². The molecule has 1 aromatic rings. The number of carbonyl (C=O) groups excluding carboxylic acids is 1. The van der Waals surface area contributed by atoms with Gasteiger partial charge in [0.25, 0.3) is 5.91 Å². The van der Waals surface area contributed by atoms with Crippen LogP contribution in [0.5, 0.6) is 0 Å². The summed E-state index contributed by atoms with van der Waals surface area (Å²) in [7, 11) is 0. The lowest BCUT2D eigenvalue weighted by Gasteiger charge is -2.25. The second-order valence-corrected chi connectivity index (χ2v) is 5.11. The van der Waals surface area contributed by atoms with Crippen LogP contribution >= 0.6 is 11.3 Å². The highest BCUT2D eigenvalue weighted by molar-refractivity contribution is 7.12. The number of piperidine rings is 1. The fourth-order valence-electron chi connectivity index (χ4n) is 1.93. The molecule has 0 spiro atoms. The van der Waals surface area contributed by atoms with Crippen LogP contribution in [0.2, 0.25) is 0 Å². The molecule has 2 heterocycles. The Kier molecular flexibility index (Phi) is 4.97. The van der Waals surface area contributed by atoms with Gasteiger partial charge in [0, 0.05) is 6.54 Å². The van der Waals surface area contributed by atoms with E-state index in [0.717, 1.165) is 19.6 Å². The van der Waals surface area contributed by atoms with Crippen molar-refractivity contribution in [3.8, 4) is 0 Å². The van der Waals surface area contributed by atoms with Crippen molar-refractivity contribution in [3.63, 3.8) is 0 Å². The highest BCUT2D eigenvalue weighted by Crippen LogP contribution is 2.08. The summed E-state index contributed by atoms with van der Waals surface area (Å²) in [6.45, 7) is 3.76. The van der Waals surface area contributed by atoms with Crippen LogP contribution in [0.4, 0.5) is 0 Å². The molecule has 0 bridgehead atoms. The predicted octanol–water partition coefficient (Wildman–Crippen LogP) is 1.90. The summed E-state index contributed by atoms with van der Waals surface area (Å²) in [5.74, 6) is -0.154. The Labute approximate surface area is 106 Å². The lowest BCUT2D eigenvalue weighted by atomic mass is 10.1. The normalized spacial score (nSPS) is 16.9. The van der Waals surface area contributed by atoms with Crippen LogP contribution in [-0.4, -0.2) is 37.0 Å². The Morgan fingerprint density at radius 2 is 2.24 bits per heavy atom. The minimum atomic E-state index is -0.154. The monoisotopic (exact) mass is 254 g/mol. The molecule has 94 valence electrons. The van der Waals surface area contributed by atoms with Crippen molar-refractivity contribution in [1.29, 1.82) is 0 Å². The van der Waals surface area contributed by atoms with Crippen molar-refractivity contribution in [2.75, 3.05) is 26.2 Å². The average Bonchev–Trinajstić information content (AvgIpc) is 2.89. The van der Waals surface area contributed by atoms with E-state index in [9.17, 15) is 4.79 Å². The Bertz CT molecular complexity index is 334. The van der Waals surface area contributed by atoms with Crippen molar-refractivity contribution in [2.24, 2.45) is 0 Å². The molecule has 1 aromatic heterocycles. The molecule has 0 aliphatic carbocycles. The summed E-state index contributed by atoms with van der Waals surface area (Å²) in [4.78, 5) is 19.8. The van der Waals surface area contributed by atoms with Gasteiger partial charge < -0.3 is 4.90 Å². The number of rotatable bonds is 5. The largest absolute Gasteiger partial charge is 0.301 e. The number of nitrogens with one attached hydrogen (secondary N) is 1. The van der Waals surface area contributed by atoms with E-state index in [4.69, 9.17) is 4.84 Å². The number of hydrogen-bond donors (Lipinski definition) is 1. The average molecular weight is 254 g/mol. The number of thiophene rings is 1. The van der Waals surface area contributed by atoms with E-state index >= 15 is 0 Å². The zero-order valence-electron chi connectivity index (χ0n) is 9.85. The van der Waals surface area contributed by atoms with E-state index in [1.807, 2.05) is 11.4 Å². The van der Waals surface area contributed by atoms with E-state index in [2.05, 4.69) is 10.4 Å². The van der Waals surface area contributed by atoms with Crippen LogP contribution < -0.4 is 5.48 Å². The van der Waals surface area contributed by atoms with Crippen molar-refractivity contribution in [1.82, 2.24) is 10.4 Å². The SMILES string of the molecule is O=C(NOCCN1CCCCC1)c1cccs1. The first kappa shape index (κ1) is 12.5. The summed E-state index contributed by atoms with van der Waals surface area (Å²) in [6.07, 6.45) is 3.90. The van der Waals surface area contributed by atoms with Gasteiger partial charge in [-0.25, -0.2) is 5.48 Å². The topological polar surface area (TPSA) is 41.6 Å². The minimum absolute atomic E-state index is 0.154. The van der Waals surface area contributed by atoms with Gasteiger partial charge in [-0.05, 0) is 37.4 Å². The van der Waals surface area contributed by atoms with Crippen LogP contribution in [0.25, 0.3) is 0 Å². The van der Waals surface area contributed by atoms with Crippen LogP contribution in [0.3, 0.4) is 0 Å². The Balaban J connectivity index is 1.58. The fourth-order valence-corrected chi connectivity index (χ4v) is 2.54. The molecule has 17 heavy (non-hydrogen) atoms. The molecule has 1 amide bonds. The van der Waals surface area contributed by atoms with Crippen molar-refractivity contribution < 1.29 is 9.63 Å². The van der Waals surface area contributed by atoms with Gasteiger partial charge in [0.05, 0.1) is 11.5 Å².